The number of morpholine rings is 2. The minimum atomic E-state index is 0.579. The Kier molecular flexibility index (Phi) is 8.61. The first-order valence-corrected chi connectivity index (χ1v) is 11.7. The Labute approximate surface area is 193 Å². The third kappa shape index (κ3) is 7.09. The van der Waals surface area contributed by atoms with Crippen LogP contribution in [0.25, 0.3) is 0 Å². The number of hydrogen-bond donors (Lipinski definition) is 0. The molecule has 0 N–H and O–H groups in total. The van der Waals surface area contributed by atoms with Crippen LogP contribution in [0.2, 0.25) is 0 Å². The van der Waals surface area contributed by atoms with E-state index in [-0.39, 0.29) is 0 Å². The van der Waals surface area contributed by atoms with Gasteiger partial charge in [0.15, 0.2) is 0 Å². The van der Waals surface area contributed by atoms with Gasteiger partial charge < -0.3 is 23.4 Å². The highest BCUT2D eigenvalue weighted by atomic mass is 32.2. The molecule has 172 valence electrons. The third-order valence-electron chi connectivity index (χ3n) is 5.31. The van der Waals surface area contributed by atoms with Gasteiger partial charge in [-0.1, -0.05) is 35.0 Å². The number of oxime groups is 1. The summed E-state index contributed by atoms with van der Waals surface area (Å²) in [6, 6.07) is 12.1. The Balaban J connectivity index is 1.38. The van der Waals surface area contributed by atoms with Crippen LogP contribution < -0.4 is 9.64 Å². The molecule has 4 rings (SSSR count). The van der Waals surface area contributed by atoms with E-state index in [9.17, 15) is 0 Å². The number of rotatable bonds is 9. The molecule has 2 aliphatic rings. The molecule has 0 spiro atoms. The maximum atomic E-state index is 6.01. The Bertz CT molecular complexity index is 886. The maximum absolute atomic E-state index is 6.01. The lowest BCUT2D eigenvalue weighted by atomic mass is 10.2. The highest BCUT2D eigenvalue weighted by Crippen LogP contribution is 2.28. The van der Waals surface area contributed by atoms with Crippen LogP contribution in [-0.2, 0) is 13.8 Å². The predicted octanol–water partition coefficient (Wildman–Crippen LogP) is 3.00. The van der Waals surface area contributed by atoms with Crippen LogP contribution in [0.3, 0.4) is 0 Å². The van der Waals surface area contributed by atoms with Gasteiger partial charge in [0.2, 0.25) is 5.88 Å². The second kappa shape index (κ2) is 12.1. The summed E-state index contributed by atoms with van der Waals surface area (Å²) in [4.78, 5) is 9.23. The first kappa shape index (κ1) is 22.8. The Morgan fingerprint density at radius 3 is 2.62 bits per heavy atom. The average Bonchev–Trinajstić information content (AvgIpc) is 2.83. The molecule has 0 saturated carbocycles. The smallest absolute Gasteiger partial charge is 0.216 e. The van der Waals surface area contributed by atoms with E-state index in [0.717, 1.165) is 82.4 Å². The zero-order chi connectivity index (χ0) is 22.0. The molecular weight excluding hydrogens is 428 g/mol. The van der Waals surface area contributed by atoms with Crippen molar-refractivity contribution in [2.75, 3.05) is 70.7 Å². The van der Waals surface area contributed by atoms with E-state index >= 15 is 0 Å². The Morgan fingerprint density at radius 2 is 1.84 bits per heavy atom. The van der Waals surface area contributed by atoms with Crippen molar-refractivity contribution in [3.05, 3.63) is 47.5 Å². The molecule has 2 fully saturated rings. The number of anilines is 1. The topological polar surface area (TPSA) is 68.7 Å². The van der Waals surface area contributed by atoms with Gasteiger partial charge in [0.05, 0.1) is 32.6 Å². The summed E-state index contributed by atoms with van der Waals surface area (Å²) in [5, 5.41) is 4.78. The molecule has 0 amide bonds. The minimum absolute atomic E-state index is 0.579. The van der Waals surface area contributed by atoms with Gasteiger partial charge in [-0.25, -0.2) is 4.98 Å². The average molecular weight is 459 g/mol. The fourth-order valence-corrected chi connectivity index (χ4v) is 4.04. The molecule has 0 radical (unpaired) electrons. The molecule has 8 nitrogen and oxygen atoms in total. The number of nitrogens with zero attached hydrogens (tertiary/aromatic N) is 4. The summed E-state index contributed by atoms with van der Waals surface area (Å²) >= 11 is 1.12. The number of pyridine rings is 1. The van der Waals surface area contributed by atoms with E-state index in [2.05, 4.69) is 39.0 Å². The largest absolute Gasteiger partial charge is 0.476 e. The lowest BCUT2D eigenvalue weighted by molar-refractivity contribution is 0.0319. The number of ether oxygens (including phenoxy) is 3. The molecule has 2 saturated heterocycles. The zero-order valence-electron chi connectivity index (χ0n) is 18.4. The molecule has 0 bridgehead atoms. The normalized spacial score (nSPS) is 17.6. The molecule has 0 aliphatic carbocycles. The van der Waals surface area contributed by atoms with Crippen LogP contribution >= 0.6 is 12.0 Å². The van der Waals surface area contributed by atoms with Gasteiger partial charge in [-0.15, -0.1) is 0 Å². The molecular formula is C23H30N4O4S. The molecule has 32 heavy (non-hydrogen) atoms. The molecule has 1 aromatic heterocycles. The monoisotopic (exact) mass is 458 g/mol. The summed E-state index contributed by atoms with van der Waals surface area (Å²) in [6.07, 6.45) is 1.70. The standard InChI is InChI=1S/C23H30N4O4S/c1-19-3-2-4-20(15-19)18-24-31-32-23-17-21(27-8-12-29-13-9-27)16-22(25-23)30-14-7-26-5-10-28-11-6-26/h2-4,15-18H,5-14H2,1H3/b24-18+. The lowest BCUT2D eigenvalue weighted by Gasteiger charge is -2.29. The van der Waals surface area contributed by atoms with Gasteiger partial charge in [-0.2, -0.15) is 0 Å². The fourth-order valence-electron chi connectivity index (χ4n) is 3.59. The molecule has 0 atom stereocenters. The number of aromatic nitrogens is 1. The quantitative estimate of drug-likeness (QED) is 0.323. The van der Waals surface area contributed by atoms with Crippen LogP contribution in [0.1, 0.15) is 11.1 Å². The van der Waals surface area contributed by atoms with E-state index in [1.165, 1.54) is 5.56 Å². The van der Waals surface area contributed by atoms with Crippen LogP contribution in [0.4, 0.5) is 5.69 Å². The van der Waals surface area contributed by atoms with E-state index in [0.29, 0.717) is 17.5 Å². The van der Waals surface area contributed by atoms with Crippen LogP contribution in [0.5, 0.6) is 5.88 Å². The van der Waals surface area contributed by atoms with Gasteiger partial charge in [0, 0.05) is 44.5 Å². The maximum Gasteiger partial charge on any atom is 0.216 e. The van der Waals surface area contributed by atoms with Crippen molar-refractivity contribution in [3.63, 3.8) is 0 Å². The van der Waals surface area contributed by atoms with Crippen molar-refractivity contribution in [2.45, 2.75) is 11.9 Å². The van der Waals surface area contributed by atoms with Crippen molar-refractivity contribution >= 4 is 23.9 Å². The highest BCUT2D eigenvalue weighted by Gasteiger charge is 2.16. The summed E-state index contributed by atoms with van der Waals surface area (Å²) in [6.45, 7) is 10.1. The Morgan fingerprint density at radius 1 is 1.06 bits per heavy atom. The van der Waals surface area contributed by atoms with Crippen molar-refractivity contribution in [2.24, 2.45) is 5.16 Å². The fraction of sp³-hybridized carbons (Fsp3) is 0.478. The molecule has 9 heteroatoms. The summed E-state index contributed by atoms with van der Waals surface area (Å²) < 4.78 is 22.4. The minimum Gasteiger partial charge on any atom is -0.476 e. The second-order valence-electron chi connectivity index (χ2n) is 7.71. The van der Waals surface area contributed by atoms with Crippen LogP contribution in [0, 0.1) is 6.92 Å². The van der Waals surface area contributed by atoms with E-state index in [1.54, 1.807) is 6.21 Å². The number of aryl methyl sites for hydroxylation is 1. The summed E-state index contributed by atoms with van der Waals surface area (Å²) in [5.74, 6) is 0.594. The first-order valence-electron chi connectivity index (χ1n) is 11.0. The van der Waals surface area contributed by atoms with Crippen molar-refractivity contribution in [3.8, 4) is 5.88 Å². The number of hydrogen-bond acceptors (Lipinski definition) is 9. The summed E-state index contributed by atoms with van der Waals surface area (Å²) in [7, 11) is 0. The number of benzene rings is 1. The van der Waals surface area contributed by atoms with Crippen molar-refractivity contribution < 1.29 is 18.5 Å². The van der Waals surface area contributed by atoms with Gasteiger partial charge in [0.1, 0.15) is 23.7 Å². The zero-order valence-corrected chi connectivity index (χ0v) is 19.3. The van der Waals surface area contributed by atoms with Gasteiger partial charge in [-0.05, 0) is 18.6 Å². The predicted molar refractivity (Wildman–Crippen MR) is 126 cm³/mol. The second-order valence-corrected chi connectivity index (χ2v) is 8.44. The van der Waals surface area contributed by atoms with Crippen molar-refractivity contribution in [1.29, 1.82) is 0 Å². The highest BCUT2D eigenvalue weighted by molar-refractivity contribution is 7.94. The summed E-state index contributed by atoms with van der Waals surface area (Å²) in [5.41, 5.74) is 3.23. The molecule has 2 aliphatic heterocycles. The van der Waals surface area contributed by atoms with E-state index < -0.39 is 0 Å². The first-order chi connectivity index (χ1) is 15.8. The van der Waals surface area contributed by atoms with Crippen molar-refractivity contribution in [1.82, 2.24) is 9.88 Å². The lowest BCUT2D eigenvalue weighted by Crippen LogP contribution is -2.38. The van der Waals surface area contributed by atoms with Crippen LogP contribution in [0.15, 0.2) is 46.6 Å². The third-order valence-corrected chi connectivity index (χ3v) is 5.85. The van der Waals surface area contributed by atoms with Gasteiger partial charge >= 0.3 is 0 Å². The van der Waals surface area contributed by atoms with Gasteiger partial charge in [-0.3, -0.25) is 4.90 Å². The van der Waals surface area contributed by atoms with E-state index in [1.807, 2.05) is 24.3 Å². The molecule has 1 aromatic carbocycles. The van der Waals surface area contributed by atoms with E-state index in [4.69, 9.17) is 18.5 Å². The van der Waals surface area contributed by atoms with Gasteiger partial charge in [0.25, 0.3) is 0 Å². The SMILES string of the molecule is Cc1cccc(/C=N/OSc2cc(N3CCOCC3)cc(OCCN3CCOCC3)n2)c1. The Hall–Kier alpha value is -2.33. The molecule has 2 aromatic rings. The molecule has 3 heterocycles. The molecule has 0 unspecified atom stereocenters. The van der Waals surface area contributed by atoms with Crippen LogP contribution in [-0.4, -0.2) is 81.9 Å².